The van der Waals surface area contributed by atoms with Crippen molar-refractivity contribution in [3.63, 3.8) is 0 Å². The van der Waals surface area contributed by atoms with Crippen molar-refractivity contribution < 1.29 is 0 Å². The van der Waals surface area contributed by atoms with Gasteiger partial charge in [-0.1, -0.05) is 195 Å². The molecule has 0 saturated carbocycles. The molecular formula is C48H96N16S36-8. The van der Waals surface area contributed by atoms with Gasteiger partial charge in [0.25, 0.3) is 0 Å². The molecule has 16 nitrogen and oxygen atoms in total. The molecule has 0 N–H and O–H groups in total. The molecule has 0 unspecified atom stereocenters. The van der Waals surface area contributed by atoms with Crippen LogP contribution in [0.4, 0.5) is 0 Å². The summed E-state index contributed by atoms with van der Waals surface area (Å²) in [5.74, 6) is 0. The maximum Gasteiger partial charge on any atom is 0.146 e. The lowest BCUT2D eigenvalue weighted by molar-refractivity contribution is 0.647. The molecular weight excluding hydrogens is 1960 g/mol. The molecule has 592 valence electrons. The lowest BCUT2D eigenvalue weighted by atomic mass is 11.0. The third-order valence-corrected chi connectivity index (χ3v) is 40.6. The fourth-order valence-corrected chi connectivity index (χ4v) is 20.8. The largest absolute Gasteiger partial charge is 2.00 e. The molecule has 100 heavy (non-hydrogen) atoms. The molecule has 0 fully saturated rings. The minimum absolute atomic E-state index is 0. The van der Waals surface area contributed by atoms with E-state index in [0.717, 1.165) is 69.1 Å². The highest BCUT2D eigenvalue weighted by atomic mass is 33.1. The van der Waals surface area contributed by atoms with Crippen LogP contribution in [0.5, 0.6) is 0 Å². The Morgan fingerprint density at radius 3 is 0.160 bits per heavy atom. The highest BCUT2D eigenvalue weighted by Crippen LogP contribution is 2.32. The fourth-order valence-electron chi connectivity index (χ4n) is 1.76. The van der Waals surface area contributed by atoms with Crippen molar-refractivity contribution in [2.75, 3.05) is 226 Å². The monoisotopic (exact) mass is 2050 g/mol. The quantitative estimate of drug-likeness (QED) is 0.171. The number of thiocarbonyl (C=S) groups is 16. The third kappa shape index (κ3) is 90.4. The summed E-state index contributed by atoms with van der Waals surface area (Å²) in [7, 11) is 85.8. The summed E-state index contributed by atoms with van der Waals surface area (Å²) in [5, 5.41) is 0. The second-order valence-electron chi connectivity index (χ2n) is 19.9. The molecule has 0 aliphatic rings. The van der Waals surface area contributed by atoms with Gasteiger partial charge in [0, 0.05) is 226 Å². The summed E-state index contributed by atoms with van der Waals surface area (Å²) in [5.41, 5.74) is 0. The van der Waals surface area contributed by atoms with E-state index in [1.807, 2.05) is 304 Å². The van der Waals surface area contributed by atoms with Crippen molar-refractivity contribution in [2.45, 2.75) is 0 Å². The van der Waals surface area contributed by atoms with Crippen molar-refractivity contribution in [3.05, 3.63) is 0 Å². The first-order valence-corrected chi connectivity index (χ1v) is 49.5. The second kappa shape index (κ2) is 80.8. The number of hydrogen-bond donors (Lipinski definition) is 0. The van der Waals surface area contributed by atoms with Crippen LogP contribution in [0.2, 0.25) is 0 Å². The summed E-state index contributed by atoms with van der Waals surface area (Å²) in [6.07, 6.45) is 0. The van der Waals surface area contributed by atoms with Gasteiger partial charge < -0.3 is 132 Å². The number of hydrogen-bond acceptors (Lipinski definition) is 32. The van der Waals surface area contributed by atoms with Crippen LogP contribution < -0.4 is 0 Å². The van der Waals surface area contributed by atoms with E-state index in [1.54, 1.807) is 0 Å². The number of rotatable bonds is 0. The van der Waals surface area contributed by atoms with Crippen LogP contribution in [0.1, 0.15) is 0 Å². The summed E-state index contributed by atoms with van der Waals surface area (Å²) < 4.78 is 13.4. The van der Waals surface area contributed by atoms with Crippen LogP contribution >= 0.6 is 368 Å². The zero-order chi connectivity index (χ0) is 77.8. The van der Waals surface area contributed by atoms with E-state index < -0.39 is 0 Å². The maximum atomic E-state index is 5.07. The molecule has 0 rings (SSSR count). The van der Waals surface area contributed by atoms with E-state index in [4.69, 9.17) is 195 Å². The van der Waals surface area contributed by atoms with E-state index in [2.05, 4.69) is 0 Å². The first-order valence-electron chi connectivity index (χ1n) is 25.8. The summed E-state index contributed by atoms with van der Waals surface area (Å²) in [6, 6.07) is 0. The zero-order valence-electron chi connectivity index (χ0n) is 61.9. The van der Waals surface area contributed by atoms with Gasteiger partial charge in [-0.15, -0.1) is 0 Å². The molecule has 0 saturated heterocycles. The minimum atomic E-state index is 0. The molecule has 0 aliphatic heterocycles. The average molecular weight is 2050 g/mol. The van der Waals surface area contributed by atoms with Crippen molar-refractivity contribution in [1.82, 2.24) is 78.4 Å². The third-order valence-electron chi connectivity index (χ3n) is 7.32. The molecule has 0 radical (unpaired) electrons. The molecule has 52 heteroatoms. The van der Waals surface area contributed by atoms with Crippen molar-refractivity contribution in [3.8, 4) is 0 Å². The lowest BCUT2D eigenvalue weighted by Gasteiger charge is -2.15. The van der Waals surface area contributed by atoms with E-state index in [9.17, 15) is 0 Å². The molecule has 0 amide bonds. The van der Waals surface area contributed by atoms with Crippen LogP contribution in [0.3, 0.4) is 0 Å². The smallest absolute Gasteiger partial charge is 0.146 e. The SMILES string of the molecule is CN(C)C(=S)SSC(=S)N(C)C.CN(C)C(=S)SSC(=S)N(C)C.CN(C)C(=S)SSC(=S)N(C)C.CN(C)C(=S)SSC(=S)N(C)C.CN(C)C(=S)SSC(=S)N(C)C.CN(C)C(=S)SSC(=S)N(C)C.CN(C)C(=S)SSC(=S)N(C)C.CN(C)C(=S)SSC(=S)N(C)C.[S-2].[S-2].[S-2].[S-2]. The normalized spacial score (nSPS) is 8.96. The molecule has 0 spiro atoms. The van der Waals surface area contributed by atoms with Crippen molar-refractivity contribution in [2.24, 2.45) is 0 Å². The van der Waals surface area contributed by atoms with Gasteiger partial charge in [-0.3, -0.25) is 0 Å². The first kappa shape index (κ1) is 132. The summed E-state index contributed by atoms with van der Waals surface area (Å²) >= 11 is 81.2. The van der Waals surface area contributed by atoms with Gasteiger partial charge in [-0.2, -0.15) is 0 Å². The lowest BCUT2D eigenvalue weighted by Crippen LogP contribution is -2.18. The Morgan fingerprint density at radius 1 is 0.110 bits per heavy atom. The number of nitrogens with zero attached hydrogens (tertiary/aromatic N) is 16. The van der Waals surface area contributed by atoms with Crippen molar-refractivity contribution in [1.29, 1.82) is 0 Å². The molecule has 0 aliphatic carbocycles. The molecule has 0 aromatic carbocycles. The second-order valence-corrected chi connectivity index (χ2v) is 47.1. The minimum Gasteiger partial charge on any atom is -2.00 e. The highest BCUT2D eigenvalue weighted by molar-refractivity contribution is 8.92. The molecule has 0 aromatic rings. The van der Waals surface area contributed by atoms with Gasteiger partial charge in [0.15, 0.2) is 0 Å². The Bertz CT molecular complexity index is 1750. The van der Waals surface area contributed by atoms with E-state index in [0.29, 0.717) is 0 Å². The molecule has 0 heterocycles. The van der Waals surface area contributed by atoms with E-state index >= 15 is 0 Å². The van der Waals surface area contributed by atoms with Gasteiger partial charge >= 0.3 is 0 Å². The summed E-state index contributed by atoms with van der Waals surface area (Å²) in [4.78, 5) is 30.3. The standard InChI is InChI=1S/8C6H12N2S4.4S/c8*1-7(2)5(9)11-12-6(10)8(3)4;;;;/h8*1-4H3;;;;/q;;;;;;;;4*-2. The van der Waals surface area contributed by atoms with Gasteiger partial charge in [0.05, 0.1) is 0 Å². The van der Waals surface area contributed by atoms with Crippen LogP contribution in [-0.2, 0) is 54.0 Å². The topological polar surface area (TPSA) is 51.8 Å². The Balaban J connectivity index is -0.0000000880. The Labute approximate surface area is 783 Å². The van der Waals surface area contributed by atoms with Gasteiger partial charge in [-0.05, 0) is 173 Å². The van der Waals surface area contributed by atoms with Crippen molar-refractivity contribution >= 4 is 491 Å². The predicted molar refractivity (Wildman–Crippen MR) is 571 cm³/mol. The van der Waals surface area contributed by atoms with E-state index in [1.165, 1.54) is 173 Å². The Hall–Kier alpha value is 5.24. The maximum absolute atomic E-state index is 5.07. The highest BCUT2D eigenvalue weighted by Gasteiger charge is 2.11. The van der Waals surface area contributed by atoms with Gasteiger partial charge in [-0.25, -0.2) is 0 Å². The van der Waals surface area contributed by atoms with Crippen LogP contribution in [-0.4, -0.2) is 373 Å². The van der Waals surface area contributed by atoms with Gasteiger partial charge in [0.1, 0.15) is 69.1 Å². The molecule has 0 aromatic heterocycles. The average Bonchev–Trinajstić information content (AvgIpc) is 3.73. The first-order chi connectivity index (χ1) is 43.6. The summed E-state index contributed by atoms with van der Waals surface area (Å²) in [6.45, 7) is 0. The Morgan fingerprint density at radius 2 is 0.140 bits per heavy atom. The van der Waals surface area contributed by atoms with E-state index in [-0.39, 0.29) is 54.0 Å². The molecule has 0 atom stereocenters. The van der Waals surface area contributed by atoms with Crippen LogP contribution in [0.15, 0.2) is 0 Å². The molecule has 0 bridgehead atoms. The van der Waals surface area contributed by atoms with Crippen LogP contribution in [0.25, 0.3) is 0 Å². The predicted octanol–water partition coefficient (Wildman–Crippen LogP) is 16.5. The van der Waals surface area contributed by atoms with Crippen LogP contribution in [0, 0.1) is 0 Å². The fraction of sp³-hybridized carbons (Fsp3) is 0.667. The Kier molecular flexibility index (Phi) is 106. The van der Waals surface area contributed by atoms with Gasteiger partial charge in [0.2, 0.25) is 0 Å². The zero-order valence-corrected chi connectivity index (χ0v) is 91.2.